The van der Waals surface area contributed by atoms with Crippen molar-refractivity contribution in [2.45, 2.75) is 4.90 Å². The van der Waals surface area contributed by atoms with Crippen LogP contribution in [0.5, 0.6) is 0 Å². The van der Waals surface area contributed by atoms with Gasteiger partial charge in [-0.05, 0) is 43.2 Å². The van der Waals surface area contributed by atoms with Crippen LogP contribution in [-0.2, 0) is 0 Å². The maximum atomic E-state index is 5.50. The average Bonchev–Trinajstić information content (AvgIpc) is 1.88. The van der Waals surface area contributed by atoms with Gasteiger partial charge in [0.1, 0.15) is 0 Å². The number of rotatable bonds is 1. The summed E-state index contributed by atoms with van der Waals surface area (Å²) in [6.07, 6.45) is 0. The Balaban J connectivity index is 2.94. The molecule has 0 heterocycles. The maximum Gasteiger partial charge on any atom is 0.0325 e. The number of nitrogens with two attached hydrogens (primary N) is 1. The molecule has 1 aromatic carbocycles. The highest BCUT2D eigenvalue weighted by Crippen LogP contribution is 2.25. The molecule has 0 aliphatic heterocycles. The molecule has 0 amide bonds. The van der Waals surface area contributed by atoms with Crippen molar-refractivity contribution < 1.29 is 0 Å². The summed E-state index contributed by atoms with van der Waals surface area (Å²) in [5, 5.41) is 0. The number of nitrogen functional groups attached to an aromatic ring is 1. The zero-order valence-electron chi connectivity index (χ0n) is 4.67. The second-order valence-corrected chi connectivity index (χ2v) is 3.25. The van der Waals surface area contributed by atoms with Crippen molar-refractivity contribution in [3.8, 4) is 0 Å². The summed E-state index contributed by atoms with van der Waals surface area (Å²) >= 11 is 3.25. The summed E-state index contributed by atoms with van der Waals surface area (Å²) in [5.41, 5.74) is 6.31. The smallest absolute Gasteiger partial charge is 0.0325 e. The molecule has 0 saturated carbocycles. The molecular weight excluding hydrogens is 198 g/mol. The van der Waals surface area contributed by atoms with Gasteiger partial charge in [0.15, 0.2) is 0 Å². The molecule has 0 aliphatic rings. The van der Waals surface area contributed by atoms with E-state index in [9.17, 15) is 0 Å². The molecule has 0 atom stereocenters. The van der Waals surface area contributed by atoms with Crippen LogP contribution in [0.1, 0.15) is 0 Å². The monoisotopic (exact) mass is 203 g/mol. The number of benzene rings is 1. The molecule has 3 heteroatoms. The van der Waals surface area contributed by atoms with Gasteiger partial charge in [-0.1, -0.05) is 6.07 Å². The third-order valence-corrected chi connectivity index (χ3v) is 2.50. The minimum absolute atomic E-state index is 0.805. The van der Waals surface area contributed by atoms with Crippen LogP contribution in [0.4, 0.5) is 5.69 Å². The van der Waals surface area contributed by atoms with E-state index in [0.29, 0.717) is 0 Å². The van der Waals surface area contributed by atoms with Gasteiger partial charge in [0, 0.05) is 10.6 Å². The lowest BCUT2D eigenvalue weighted by atomic mass is 10.3. The Morgan fingerprint density at radius 3 is 2.67 bits per heavy atom. The topological polar surface area (TPSA) is 26.0 Å². The maximum absolute atomic E-state index is 5.50. The summed E-state index contributed by atoms with van der Waals surface area (Å²) in [6.45, 7) is 0. The molecule has 0 radical (unpaired) electrons. The van der Waals surface area contributed by atoms with E-state index in [2.05, 4.69) is 14.8 Å². The van der Waals surface area contributed by atoms with Crippen molar-refractivity contribution >= 4 is 30.7 Å². The SMILES string of the molecule is Nc1cccc(SBr)c1. The van der Waals surface area contributed by atoms with Gasteiger partial charge >= 0.3 is 0 Å². The first-order valence-electron chi connectivity index (χ1n) is 2.47. The molecule has 1 nitrogen and oxygen atoms in total. The summed E-state index contributed by atoms with van der Waals surface area (Å²) < 4.78 is 0. The lowest BCUT2D eigenvalue weighted by Gasteiger charge is -1.93. The normalized spacial score (nSPS) is 9.44. The molecule has 0 unspecified atom stereocenters. The van der Waals surface area contributed by atoms with E-state index < -0.39 is 0 Å². The highest BCUT2D eigenvalue weighted by atomic mass is 79.9. The molecule has 1 rings (SSSR count). The van der Waals surface area contributed by atoms with Gasteiger partial charge in [0.05, 0.1) is 0 Å². The fourth-order valence-electron chi connectivity index (χ4n) is 0.563. The largest absolute Gasteiger partial charge is 0.399 e. The minimum atomic E-state index is 0.805. The van der Waals surface area contributed by atoms with Gasteiger partial charge in [0.2, 0.25) is 0 Å². The van der Waals surface area contributed by atoms with Gasteiger partial charge in [-0.3, -0.25) is 0 Å². The van der Waals surface area contributed by atoms with Crippen LogP contribution in [0, 0.1) is 0 Å². The molecular formula is C6H6BrNS. The van der Waals surface area contributed by atoms with Crippen molar-refractivity contribution in [3.05, 3.63) is 24.3 Å². The second-order valence-electron chi connectivity index (χ2n) is 1.65. The molecule has 0 spiro atoms. The van der Waals surface area contributed by atoms with Gasteiger partial charge in [-0.15, -0.1) is 0 Å². The molecule has 0 aliphatic carbocycles. The van der Waals surface area contributed by atoms with E-state index in [4.69, 9.17) is 5.73 Å². The van der Waals surface area contributed by atoms with Crippen molar-refractivity contribution in [2.75, 3.05) is 5.73 Å². The van der Waals surface area contributed by atoms with Crippen LogP contribution < -0.4 is 5.73 Å². The molecule has 48 valence electrons. The molecule has 0 bridgehead atoms. The first kappa shape index (κ1) is 6.96. The van der Waals surface area contributed by atoms with Crippen LogP contribution in [0.2, 0.25) is 0 Å². The van der Waals surface area contributed by atoms with Crippen molar-refractivity contribution in [3.63, 3.8) is 0 Å². The summed E-state index contributed by atoms with van der Waals surface area (Å²) in [5.74, 6) is 0. The van der Waals surface area contributed by atoms with Crippen LogP contribution in [0.3, 0.4) is 0 Å². The second kappa shape index (κ2) is 3.13. The first-order valence-corrected chi connectivity index (χ1v) is 5.13. The van der Waals surface area contributed by atoms with Gasteiger partial charge in [-0.2, -0.15) is 0 Å². The van der Waals surface area contributed by atoms with E-state index in [0.717, 1.165) is 10.6 Å². The molecule has 0 fully saturated rings. The quantitative estimate of drug-likeness (QED) is 0.711. The lowest BCUT2D eigenvalue weighted by Crippen LogP contribution is -1.81. The summed E-state index contributed by atoms with van der Waals surface area (Å²) in [4.78, 5) is 1.13. The highest BCUT2D eigenvalue weighted by molar-refractivity contribution is 9.50. The van der Waals surface area contributed by atoms with E-state index >= 15 is 0 Å². The number of halogens is 1. The summed E-state index contributed by atoms with van der Waals surface area (Å²) in [7, 11) is 1.52. The Kier molecular flexibility index (Phi) is 2.42. The predicted molar refractivity (Wildman–Crippen MR) is 45.6 cm³/mol. The van der Waals surface area contributed by atoms with Gasteiger partial charge in [0.25, 0.3) is 0 Å². The van der Waals surface area contributed by atoms with E-state index in [1.165, 1.54) is 10.2 Å². The van der Waals surface area contributed by atoms with Gasteiger partial charge in [-0.25, -0.2) is 0 Å². The molecule has 2 N–H and O–H groups in total. The fraction of sp³-hybridized carbons (Fsp3) is 0. The third kappa shape index (κ3) is 1.91. The predicted octanol–water partition coefficient (Wildman–Crippen LogP) is 2.67. The average molecular weight is 204 g/mol. The first-order chi connectivity index (χ1) is 4.33. The zero-order valence-corrected chi connectivity index (χ0v) is 7.08. The zero-order chi connectivity index (χ0) is 6.69. The lowest BCUT2D eigenvalue weighted by molar-refractivity contribution is 1.48. The van der Waals surface area contributed by atoms with E-state index in [-0.39, 0.29) is 0 Å². The van der Waals surface area contributed by atoms with Crippen molar-refractivity contribution in [2.24, 2.45) is 0 Å². The number of hydrogen-bond acceptors (Lipinski definition) is 2. The van der Waals surface area contributed by atoms with E-state index in [1.54, 1.807) is 0 Å². The Hall–Kier alpha value is -0.150. The summed E-state index contributed by atoms with van der Waals surface area (Å²) in [6, 6.07) is 7.71. The third-order valence-electron chi connectivity index (χ3n) is 0.947. The highest BCUT2D eigenvalue weighted by Gasteiger charge is 1.88. The number of anilines is 1. The van der Waals surface area contributed by atoms with Crippen LogP contribution in [0.15, 0.2) is 29.2 Å². The van der Waals surface area contributed by atoms with E-state index in [1.807, 2.05) is 24.3 Å². The molecule has 1 aromatic rings. The molecule has 0 saturated heterocycles. The minimum Gasteiger partial charge on any atom is -0.399 e. The van der Waals surface area contributed by atoms with Crippen LogP contribution >= 0.6 is 25.0 Å². The number of hydrogen-bond donors (Lipinski definition) is 1. The Morgan fingerprint density at radius 2 is 2.22 bits per heavy atom. The standard InChI is InChI=1S/C6H6BrNS/c7-9-6-3-1-2-5(8)4-6/h1-4H,8H2. The Morgan fingerprint density at radius 1 is 1.44 bits per heavy atom. The fourth-order valence-corrected chi connectivity index (χ4v) is 1.48. The Labute approximate surface area is 65.8 Å². The van der Waals surface area contributed by atoms with Gasteiger partial charge < -0.3 is 5.73 Å². The van der Waals surface area contributed by atoms with Crippen LogP contribution in [-0.4, -0.2) is 0 Å². The molecule has 9 heavy (non-hydrogen) atoms. The van der Waals surface area contributed by atoms with Crippen molar-refractivity contribution in [1.82, 2.24) is 0 Å². The molecule has 0 aromatic heterocycles. The van der Waals surface area contributed by atoms with Crippen LogP contribution in [0.25, 0.3) is 0 Å². The Bertz CT molecular complexity index is 202. The van der Waals surface area contributed by atoms with Crippen molar-refractivity contribution in [1.29, 1.82) is 0 Å².